The fourth-order valence-corrected chi connectivity index (χ4v) is 1.36. The zero-order valence-electron chi connectivity index (χ0n) is 9.16. The van der Waals surface area contributed by atoms with E-state index in [1.165, 1.54) is 14.0 Å². The number of aliphatic hydroxyl groups excluding tert-OH is 1. The zero-order valence-corrected chi connectivity index (χ0v) is 9.91. The maximum absolute atomic E-state index is 11.2. The van der Waals surface area contributed by atoms with Crippen molar-refractivity contribution in [3.05, 3.63) is 28.8 Å². The summed E-state index contributed by atoms with van der Waals surface area (Å²) in [7, 11) is 1.53. The van der Waals surface area contributed by atoms with Crippen LogP contribution in [0.25, 0.3) is 0 Å². The monoisotopic (exact) mass is 243 g/mol. The molecular weight excluding hydrogens is 230 g/mol. The molecule has 0 aliphatic rings. The highest BCUT2D eigenvalue weighted by atomic mass is 35.5. The average molecular weight is 244 g/mol. The molecule has 0 spiro atoms. The van der Waals surface area contributed by atoms with Crippen LogP contribution in [0, 0.1) is 0 Å². The number of carbonyl (C=O) groups excluding carboxylic acids is 1. The lowest BCUT2D eigenvalue weighted by Crippen LogP contribution is -2.32. The van der Waals surface area contributed by atoms with Gasteiger partial charge in [-0.15, -0.1) is 0 Å². The first kappa shape index (κ1) is 12.8. The first-order valence-corrected chi connectivity index (χ1v) is 5.20. The van der Waals surface area contributed by atoms with E-state index in [-0.39, 0.29) is 0 Å². The standard InChI is InChI=1S/C11H14ClNO3/c1-7(14)11(15)13-6-8-3-4-9(12)5-10(8)16-2/h3-5,7,14H,6H2,1-2H3,(H,13,15). The highest BCUT2D eigenvalue weighted by molar-refractivity contribution is 6.30. The Bertz CT molecular complexity index is 379. The number of hydrogen-bond donors (Lipinski definition) is 2. The van der Waals surface area contributed by atoms with E-state index in [9.17, 15) is 4.79 Å². The third-order valence-corrected chi connectivity index (χ3v) is 2.32. The number of hydrogen-bond acceptors (Lipinski definition) is 3. The summed E-state index contributed by atoms with van der Waals surface area (Å²) in [6.07, 6.45) is -1.02. The van der Waals surface area contributed by atoms with Gasteiger partial charge in [-0.1, -0.05) is 17.7 Å². The lowest BCUT2D eigenvalue weighted by Gasteiger charge is -2.11. The number of nitrogens with one attached hydrogen (secondary N) is 1. The molecular formula is C11H14ClNO3. The molecule has 0 aliphatic heterocycles. The van der Waals surface area contributed by atoms with Crippen molar-refractivity contribution in [2.75, 3.05) is 7.11 Å². The molecule has 1 aromatic rings. The van der Waals surface area contributed by atoms with Gasteiger partial charge in [0.05, 0.1) is 7.11 Å². The van der Waals surface area contributed by atoms with Crippen molar-refractivity contribution in [1.29, 1.82) is 0 Å². The number of rotatable bonds is 4. The molecule has 0 saturated heterocycles. The van der Waals surface area contributed by atoms with Crippen molar-refractivity contribution < 1.29 is 14.6 Å². The van der Waals surface area contributed by atoms with Crippen LogP contribution in [0.1, 0.15) is 12.5 Å². The van der Waals surface area contributed by atoms with Crippen molar-refractivity contribution in [2.24, 2.45) is 0 Å². The summed E-state index contributed by atoms with van der Waals surface area (Å²) in [6, 6.07) is 5.16. The topological polar surface area (TPSA) is 58.6 Å². The molecule has 0 aromatic heterocycles. The average Bonchev–Trinajstić information content (AvgIpc) is 2.26. The second-order valence-electron chi connectivity index (χ2n) is 3.35. The SMILES string of the molecule is COc1cc(Cl)ccc1CNC(=O)C(C)O. The number of benzene rings is 1. The van der Waals surface area contributed by atoms with Gasteiger partial charge in [0, 0.05) is 17.1 Å². The summed E-state index contributed by atoms with van der Waals surface area (Å²) in [5, 5.41) is 12.2. The van der Waals surface area contributed by atoms with Crippen LogP contribution in [-0.4, -0.2) is 24.2 Å². The first-order valence-electron chi connectivity index (χ1n) is 4.82. The van der Waals surface area contributed by atoms with Gasteiger partial charge >= 0.3 is 0 Å². The minimum Gasteiger partial charge on any atom is -0.496 e. The van der Waals surface area contributed by atoms with Gasteiger partial charge < -0.3 is 15.2 Å². The molecule has 0 aliphatic carbocycles. The lowest BCUT2D eigenvalue weighted by atomic mass is 10.2. The summed E-state index contributed by atoms with van der Waals surface area (Å²) < 4.78 is 5.12. The molecule has 4 nitrogen and oxygen atoms in total. The highest BCUT2D eigenvalue weighted by Crippen LogP contribution is 2.22. The van der Waals surface area contributed by atoms with Crippen molar-refractivity contribution in [3.8, 4) is 5.75 Å². The van der Waals surface area contributed by atoms with E-state index < -0.39 is 12.0 Å². The third-order valence-electron chi connectivity index (χ3n) is 2.08. The number of ether oxygens (including phenoxy) is 1. The molecule has 1 rings (SSSR count). The van der Waals surface area contributed by atoms with Crippen LogP contribution in [0.3, 0.4) is 0 Å². The zero-order chi connectivity index (χ0) is 12.1. The van der Waals surface area contributed by atoms with Gasteiger partial charge in [-0.3, -0.25) is 4.79 Å². The van der Waals surface area contributed by atoms with Crippen LogP contribution in [-0.2, 0) is 11.3 Å². The Morgan fingerprint density at radius 3 is 2.88 bits per heavy atom. The van der Waals surface area contributed by atoms with Gasteiger partial charge in [0.25, 0.3) is 0 Å². The fourth-order valence-electron chi connectivity index (χ4n) is 1.19. The Labute approximate surface area is 99.2 Å². The van der Waals surface area contributed by atoms with Crippen molar-refractivity contribution in [1.82, 2.24) is 5.32 Å². The van der Waals surface area contributed by atoms with Crippen LogP contribution >= 0.6 is 11.6 Å². The predicted octanol–water partition coefficient (Wildman–Crippen LogP) is 1.35. The van der Waals surface area contributed by atoms with E-state index in [4.69, 9.17) is 21.4 Å². The number of halogens is 1. The molecule has 1 amide bonds. The molecule has 2 N–H and O–H groups in total. The minimum atomic E-state index is -1.02. The van der Waals surface area contributed by atoms with E-state index in [0.717, 1.165) is 5.56 Å². The maximum Gasteiger partial charge on any atom is 0.248 e. The Balaban J connectivity index is 2.70. The van der Waals surface area contributed by atoms with E-state index >= 15 is 0 Å². The van der Waals surface area contributed by atoms with Crippen LogP contribution in [0.15, 0.2) is 18.2 Å². The van der Waals surface area contributed by atoms with Gasteiger partial charge in [0.2, 0.25) is 5.91 Å². The van der Waals surface area contributed by atoms with Crippen LogP contribution in [0.5, 0.6) is 5.75 Å². The minimum absolute atomic E-state index is 0.296. The lowest BCUT2D eigenvalue weighted by molar-refractivity contribution is -0.128. The number of methoxy groups -OCH3 is 1. The molecule has 0 fully saturated rings. The van der Waals surface area contributed by atoms with Crippen LogP contribution in [0.4, 0.5) is 0 Å². The van der Waals surface area contributed by atoms with Crippen molar-refractivity contribution in [2.45, 2.75) is 19.6 Å². The summed E-state index contributed by atoms with van der Waals surface area (Å²) in [5.41, 5.74) is 0.806. The molecule has 0 radical (unpaired) electrons. The van der Waals surface area contributed by atoms with E-state index in [2.05, 4.69) is 5.32 Å². The highest BCUT2D eigenvalue weighted by Gasteiger charge is 2.09. The van der Waals surface area contributed by atoms with Gasteiger partial charge in [-0.2, -0.15) is 0 Å². The molecule has 0 heterocycles. The quantitative estimate of drug-likeness (QED) is 0.839. The summed E-state index contributed by atoms with van der Waals surface area (Å²) in [5.74, 6) is 0.190. The van der Waals surface area contributed by atoms with Crippen molar-refractivity contribution in [3.63, 3.8) is 0 Å². The van der Waals surface area contributed by atoms with E-state index in [1.54, 1.807) is 18.2 Å². The van der Waals surface area contributed by atoms with E-state index in [1.807, 2.05) is 0 Å². The Hall–Kier alpha value is -1.26. The largest absolute Gasteiger partial charge is 0.496 e. The van der Waals surface area contributed by atoms with Gasteiger partial charge in [-0.05, 0) is 19.1 Å². The molecule has 1 unspecified atom stereocenters. The number of amides is 1. The molecule has 16 heavy (non-hydrogen) atoms. The smallest absolute Gasteiger partial charge is 0.248 e. The first-order chi connectivity index (χ1) is 7.54. The summed E-state index contributed by atoms with van der Waals surface area (Å²) >= 11 is 5.80. The molecule has 88 valence electrons. The number of carbonyl (C=O) groups is 1. The molecule has 1 aromatic carbocycles. The van der Waals surface area contributed by atoms with Gasteiger partial charge in [0.1, 0.15) is 11.9 Å². The van der Waals surface area contributed by atoms with Crippen molar-refractivity contribution >= 4 is 17.5 Å². The molecule has 5 heteroatoms. The predicted molar refractivity (Wildman–Crippen MR) is 61.5 cm³/mol. The Morgan fingerprint density at radius 2 is 2.31 bits per heavy atom. The van der Waals surface area contributed by atoms with E-state index in [0.29, 0.717) is 17.3 Å². The van der Waals surface area contributed by atoms with Gasteiger partial charge in [-0.25, -0.2) is 0 Å². The van der Waals surface area contributed by atoms with Gasteiger partial charge in [0.15, 0.2) is 0 Å². The molecule has 0 bridgehead atoms. The normalized spacial score (nSPS) is 12.0. The second kappa shape index (κ2) is 5.72. The molecule has 1 atom stereocenters. The van der Waals surface area contributed by atoms with Crippen LogP contribution < -0.4 is 10.1 Å². The molecule has 0 saturated carbocycles. The third kappa shape index (κ3) is 3.40. The summed E-state index contributed by atoms with van der Waals surface area (Å²) in [6.45, 7) is 1.71. The fraction of sp³-hybridized carbons (Fsp3) is 0.364. The number of aliphatic hydroxyl groups is 1. The second-order valence-corrected chi connectivity index (χ2v) is 3.79. The summed E-state index contributed by atoms with van der Waals surface area (Å²) in [4.78, 5) is 11.2. The Morgan fingerprint density at radius 1 is 1.62 bits per heavy atom. The maximum atomic E-state index is 11.2. The Kier molecular flexibility index (Phi) is 4.58. The van der Waals surface area contributed by atoms with Crippen LogP contribution in [0.2, 0.25) is 5.02 Å².